The molecule has 4 heteroatoms. The van der Waals surface area contributed by atoms with Crippen LogP contribution in [-0.4, -0.2) is 17.2 Å². The van der Waals surface area contributed by atoms with E-state index in [9.17, 15) is 9.90 Å². The maximum atomic E-state index is 11.5. The zero-order chi connectivity index (χ0) is 15.4. The van der Waals surface area contributed by atoms with Gasteiger partial charge in [0.05, 0.1) is 0 Å². The summed E-state index contributed by atoms with van der Waals surface area (Å²) in [6.07, 6.45) is -0.668. The van der Waals surface area contributed by atoms with Crippen molar-refractivity contribution in [2.75, 3.05) is 0 Å². The molecule has 21 heavy (non-hydrogen) atoms. The monoisotopic (exact) mass is 304 g/mol. The first kappa shape index (κ1) is 15.4. The van der Waals surface area contributed by atoms with E-state index in [0.29, 0.717) is 10.8 Å². The van der Waals surface area contributed by atoms with Gasteiger partial charge >= 0.3 is 5.97 Å². The van der Waals surface area contributed by atoms with E-state index in [4.69, 9.17) is 16.3 Å². The van der Waals surface area contributed by atoms with Crippen molar-refractivity contribution < 1.29 is 14.6 Å². The fraction of sp³-hybridized carbons (Fsp3) is 0.235. The van der Waals surface area contributed by atoms with Gasteiger partial charge in [0.25, 0.3) is 0 Å². The second-order valence-electron chi connectivity index (χ2n) is 4.94. The number of halogens is 1. The molecule has 0 saturated carbocycles. The van der Waals surface area contributed by atoms with Crippen LogP contribution in [0.2, 0.25) is 5.02 Å². The third-order valence-electron chi connectivity index (χ3n) is 3.42. The molecular formula is C17H17ClO3. The average Bonchev–Trinajstić information content (AvgIpc) is 2.45. The minimum atomic E-state index is -0.988. The Labute approximate surface area is 129 Å². The van der Waals surface area contributed by atoms with Gasteiger partial charge in [-0.25, -0.2) is 4.79 Å². The highest BCUT2D eigenvalue weighted by molar-refractivity contribution is 6.31. The highest BCUT2D eigenvalue weighted by atomic mass is 35.5. The number of aliphatic carboxylic acids is 1. The van der Waals surface area contributed by atoms with Crippen molar-refractivity contribution in [2.24, 2.45) is 0 Å². The molecule has 0 heterocycles. The molecule has 3 nitrogen and oxygen atoms in total. The number of ether oxygens (including phenoxy) is 1. The predicted molar refractivity (Wildman–Crippen MR) is 83.1 cm³/mol. The predicted octanol–water partition coefficient (Wildman–Crippen LogP) is 4.03. The van der Waals surface area contributed by atoms with Crippen molar-refractivity contribution in [3.8, 4) is 5.75 Å². The minimum absolute atomic E-state index is 0.274. The number of aryl methyl sites for hydroxylation is 1. The van der Waals surface area contributed by atoms with Gasteiger partial charge in [-0.2, -0.15) is 0 Å². The highest BCUT2D eigenvalue weighted by Crippen LogP contribution is 2.23. The molecule has 0 amide bonds. The van der Waals surface area contributed by atoms with Crippen molar-refractivity contribution in [2.45, 2.75) is 26.4 Å². The quantitative estimate of drug-likeness (QED) is 0.907. The van der Waals surface area contributed by atoms with Crippen molar-refractivity contribution in [3.63, 3.8) is 0 Å². The Balaban J connectivity index is 2.22. The van der Waals surface area contributed by atoms with Gasteiger partial charge < -0.3 is 9.84 Å². The molecule has 0 aliphatic rings. The normalized spacial score (nSPS) is 12.0. The van der Waals surface area contributed by atoms with Crippen molar-refractivity contribution >= 4 is 17.6 Å². The van der Waals surface area contributed by atoms with Gasteiger partial charge in [-0.05, 0) is 42.7 Å². The van der Waals surface area contributed by atoms with E-state index >= 15 is 0 Å². The van der Waals surface area contributed by atoms with Crippen LogP contribution in [0.4, 0.5) is 0 Å². The summed E-state index contributed by atoms with van der Waals surface area (Å²) >= 11 is 6.07. The molecule has 2 aromatic rings. The maximum absolute atomic E-state index is 11.5. The topological polar surface area (TPSA) is 46.5 Å². The van der Waals surface area contributed by atoms with Crippen LogP contribution in [0.15, 0.2) is 42.5 Å². The van der Waals surface area contributed by atoms with E-state index < -0.39 is 12.1 Å². The Morgan fingerprint density at radius 3 is 2.57 bits per heavy atom. The smallest absolute Gasteiger partial charge is 0.345 e. The number of para-hydroxylation sites is 1. The molecule has 0 spiro atoms. The fourth-order valence-corrected chi connectivity index (χ4v) is 2.29. The molecular weight excluding hydrogens is 288 g/mol. The van der Waals surface area contributed by atoms with Crippen LogP contribution in [-0.2, 0) is 11.2 Å². The summed E-state index contributed by atoms with van der Waals surface area (Å²) in [5, 5.41) is 10.0. The first-order chi connectivity index (χ1) is 9.99. The number of benzene rings is 2. The zero-order valence-corrected chi connectivity index (χ0v) is 12.7. The Morgan fingerprint density at radius 2 is 1.90 bits per heavy atom. The number of carboxylic acids is 1. The van der Waals surface area contributed by atoms with Gasteiger partial charge in [0.2, 0.25) is 0 Å². The van der Waals surface area contributed by atoms with Crippen LogP contribution in [0, 0.1) is 13.8 Å². The van der Waals surface area contributed by atoms with E-state index in [1.54, 1.807) is 12.1 Å². The molecule has 0 aliphatic carbocycles. The molecule has 1 unspecified atom stereocenters. The standard InChI is InChI=1S/C17H17ClO3/c1-11-6-3-4-9-15(11)21-16(17(19)20)10-13-7-5-8-14(18)12(13)2/h3-9,16H,10H2,1-2H3,(H,19,20). The van der Waals surface area contributed by atoms with Gasteiger partial charge in [-0.3, -0.25) is 0 Å². The van der Waals surface area contributed by atoms with E-state index in [-0.39, 0.29) is 6.42 Å². The molecule has 0 saturated heterocycles. The second-order valence-corrected chi connectivity index (χ2v) is 5.35. The summed E-state index contributed by atoms with van der Waals surface area (Å²) in [6.45, 7) is 3.77. The van der Waals surface area contributed by atoms with E-state index in [1.165, 1.54) is 0 Å². The maximum Gasteiger partial charge on any atom is 0.345 e. The van der Waals surface area contributed by atoms with Gasteiger partial charge in [0, 0.05) is 11.4 Å². The summed E-state index contributed by atoms with van der Waals surface area (Å²) in [5.74, 6) is -0.401. The number of hydrogen-bond donors (Lipinski definition) is 1. The molecule has 1 N–H and O–H groups in total. The molecule has 0 bridgehead atoms. The minimum Gasteiger partial charge on any atom is -0.478 e. The Kier molecular flexibility index (Phi) is 4.86. The summed E-state index contributed by atoms with van der Waals surface area (Å²) in [7, 11) is 0. The van der Waals surface area contributed by atoms with Crippen molar-refractivity contribution in [3.05, 3.63) is 64.2 Å². The van der Waals surface area contributed by atoms with E-state index in [1.807, 2.05) is 44.2 Å². The lowest BCUT2D eigenvalue weighted by atomic mass is 10.0. The number of carboxylic acid groups (broad SMARTS) is 1. The summed E-state index contributed by atoms with van der Waals surface area (Å²) in [6, 6.07) is 12.9. The van der Waals surface area contributed by atoms with Crippen LogP contribution < -0.4 is 4.74 Å². The van der Waals surface area contributed by atoms with Crippen LogP contribution in [0.5, 0.6) is 5.75 Å². The largest absolute Gasteiger partial charge is 0.478 e. The molecule has 0 aliphatic heterocycles. The average molecular weight is 305 g/mol. The Bertz CT molecular complexity index is 652. The number of rotatable bonds is 5. The molecule has 2 aromatic carbocycles. The van der Waals surface area contributed by atoms with Gasteiger partial charge in [-0.15, -0.1) is 0 Å². The third kappa shape index (κ3) is 3.76. The zero-order valence-electron chi connectivity index (χ0n) is 12.0. The van der Waals surface area contributed by atoms with E-state index in [0.717, 1.165) is 16.7 Å². The van der Waals surface area contributed by atoms with Gasteiger partial charge in [0.15, 0.2) is 6.10 Å². The van der Waals surface area contributed by atoms with Crippen LogP contribution in [0.1, 0.15) is 16.7 Å². The number of hydrogen-bond acceptors (Lipinski definition) is 2. The highest BCUT2D eigenvalue weighted by Gasteiger charge is 2.22. The fourth-order valence-electron chi connectivity index (χ4n) is 2.09. The van der Waals surface area contributed by atoms with Crippen molar-refractivity contribution in [1.29, 1.82) is 0 Å². The lowest BCUT2D eigenvalue weighted by molar-refractivity contribution is -0.145. The summed E-state index contributed by atoms with van der Waals surface area (Å²) < 4.78 is 5.66. The Hall–Kier alpha value is -2.00. The van der Waals surface area contributed by atoms with E-state index in [2.05, 4.69) is 0 Å². The molecule has 0 fully saturated rings. The van der Waals surface area contributed by atoms with Gasteiger partial charge in [0.1, 0.15) is 5.75 Å². The van der Waals surface area contributed by atoms with Crippen LogP contribution in [0.3, 0.4) is 0 Å². The van der Waals surface area contributed by atoms with Crippen LogP contribution in [0.25, 0.3) is 0 Å². The third-order valence-corrected chi connectivity index (χ3v) is 3.83. The molecule has 110 valence electrons. The van der Waals surface area contributed by atoms with Crippen molar-refractivity contribution in [1.82, 2.24) is 0 Å². The SMILES string of the molecule is Cc1ccccc1OC(Cc1cccc(Cl)c1C)C(=O)O. The number of carbonyl (C=O) groups is 1. The first-order valence-corrected chi connectivity index (χ1v) is 7.06. The Morgan fingerprint density at radius 1 is 1.19 bits per heavy atom. The lowest BCUT2D eigenvalue weighted by Gasteiger charge is -2.18. The van der Waals surface area contributed by atoms with Gasteiger partial charge in [-0.1, -0.05) is 41.9 Å². The van der Waals surface area contributed by atoms with Crippen LogP contribution >= 0.6 is 11.6 Å². The molecule has 1 atom stereocenters. The second kappa shape index (κ2) is 6.64. The molecule has 0 aromatic heterocycles. The molecule has 2 rings (SSSR count). The first-order valence-electron chi connectivity index (χ1n) is 6.68. The molecule has 0 radical (unpaired) electrons. The summed E-state index contributed by atoms with van der Waals surface area (Å²) in [5.41, 5.74) is 2.67. The lowest BCUT2D eigenvalue weighted by Crippen LogP contribution is -2.30. The summed E-state index contributed by atoms with van der Waals surface area (Å²) in [4.78, 5) is 11.5.